The van der Waals surface area contributed by atoms with Crippen molar-refractivity contribution in [1.82, 2.24) is 9.88 Å². The predicted octanol–water partition coefficient (Wildman–Crippen LogP) is 5.37. The van der Waals surface area contributed by atoms with Gasteiger partial charge in [-0.2, -0.15) is 0 Å². The molecule has 2 aromatic rings. The molecule has 0 unspecified atom stereocenters. The lowest BCUT2D eigenvalue weighted by Crippen LogP contribution is -2.35. The number of rotatable bonds is 3. The second kappa shape index (κ2) is 6.58. The number of aliphatic imine (C=N–C) groups is 1. The summed E-state index contributed by atoms with van der Waals surface area (Å²) in [6.45, 7) is 2.23. The van der Waals surface area contributed by atoms with Crippen molar-refractivity contribution in [3.8, 4) is 0 Å². The monoisotopic (exact) mass is 377 g/mol. The third-order valence-electron chi connectivity index (χ3n) is 4.61. The van der Waals surface area contributed by atoms with Gasteiger partial charge in [-0.25, -0.2) is 0 Å². The van der Waals surface area contributed by atoms with Crippen LogP contribution in [0.1, 0.15) is 36.7 Å². The van der Waals surface area contributed by atoms with Gasteiger partial charge in [0.2, 0.25) is 0 Å². The van der Waals surface area contributed by atoms with E-state index in [0.717, 1.165) is 28.6 Å². The van der Waals surface area contributed by atoms with Crippen LogP contribution in [-0.2, 0) is 0 Å². The zero-order valence-corrected chi connectivity index (χ0v) is 15.5. The van der Waals surface area contributed by atoms with E-state index in [-0.39, 0.29) is 12.1 Å². The van der Waals surface area contributed by atoms with Crippen molar-refractivity contribution in [2.75, 3.05) is 5.75 Å². The number of benzene rings is 1. The van der Waals surface area contributed by atoms with Crippen LogP contribution in [-0.4, -0.2) is 26.8 Å². The van der Waals surface area contributed by atoms with Crippen molar-refractivity contribution >= 4 is 40.1 Å². The van der Waals surface area contributed by atoms with E-state index in [2.05, 4.69) is 22.9 Å². The molecule has 0 aliphatic carbocycles. The molecule has 1 fully saturated rings. The Bertz CT molecular complexity index is 781. The van der Waals surface area contributed by atoms with Crippen LogP contribution in [0.5, 0.6) is 0 Å². The second-order valence-electron chi connectivity index (χ2n) is 6.01. The van der Waals surface area contributed by atoms with E-state index < -0.39 is 0 Å². The summed E-state index contributed by atoms with van der Waals surface area (Å²) >= 11 is 14.2. The van der Waals surface area contributed by atoms with Crippen LogP contribution in [0.25, 0.3) is 0 Å². The number of pyridine rings is 1. The van der Waals surface area contributed by atoms with E-state index in [1.807, 2.05) is 48.3 Å². The Morgan fingerprint density at radius 1 is 1.21 bits per heavy atom. The van der Waals surface area contributed by atoms with Gasteiger partial charge >= 0.3 is 0 Å². The van der Waals surface area contributed by atoms with E-state index in [9.17, 15) is 0 Å². The van der Waals surface area contributed by atoms with Crippen LogP contribution >= 0.6 is 35.0 Å². The fourth-order valence-electron chi connectivity index (χ4n) is 3.41. The molecule has 2 aliphatic rings. The highest BCUT2D eigenvalue weighted by atomic mass is 35.5. The lowest BCUT2D eigenvalue weighted by Gasteiger charge is -2.32. The van der Waals surface area contributed by atoms with Crippen molar-refractivity contribution < 1.29 is 0 Å². The molecule has 4 rings (SSSR count). The minimum Gasteiger partial charge on any atom is -0.338 e. The molecular weight excluding hydrogens is 361 g/mol. The van der Waals surface area contributed by atoms with Crippen LogP contribution in [0.3, 0.4) is 0 Å². The number of amidine groups is 1. The first-order valence-corrected chi connectivity index (χ1v) is 9.78. The van der Waals surface area contributed by atoms with Crippen LogP contribution in [0, 0.1) is 0 Å². The van der Waals surface area contributed by atoms with Gasteiger partial charge in [-0.3, -0.25) is 9.98 Å². The highest BCUT2D eigenvalue weighted by molar-refractivity contribution is 8.14. The topological polar surface area (TPSA) is 28.5 Å². The molecular formula is C18H17Cl2N3S. The van der Waals surface area contributed by atoms with Crippen molar-refractivity contribution in [2.24, 2.45) is 4.99 Å². The number of hydrogen-bond acceptors (Lipinski definition) is 4. The quantitative estimate of drug-likeness (QED) is 0.719. The lowest BCUT2D eigenvalue weighted by molar-refractivity contribution is 0.255. The zero-order valence-electron chi connectivity index (χ0n) is 13.2. The maximum Gasteiger partial charge on any atom is 0.160 e. The minimum atomic E-state index is -0.0136. The molecule has 0 spiro atoms. The Balaban J connectivity index is 1.80. The molecule has 2 aliphatic heterocycles. The third-order valence-corrected chi connectivity index (χ3v) is 6.48. The summed E-state index contributed by atoms with van der Waals surface area (Å²) in [5, 5.41) is 2.28. The Labute approximate surface area is 156 Å². The molecule has 3 atom stereocenters. The Morgan fingerprint density at radius 3 is 2.79 bits per heavy atom. The van der Waals surface area contributed by atoms with E-state index in [1.165, 1.54) is 0 Å². The molecule has 1 saturated heterocycles. The summed E-state index contributed by atoms with van der Waals surface area (Å²) < 4.78 is 0. The van der Waals surface area contributed by atoms with Crippen LogP contribution < -0.4 is 0 Å². The molecule has 0 amide bonds. The van der Waals surface area contributed by atoms with Gasteiger partial charge in [-0.15, -0.1) is 0 Å². The fourth-order valence-corrected chi connectivity index (χ4v) is 5.05. The fraction of sp³-hybridized carbons (Fsp3) is 0.333. The average molecular weight is 378 g/mol. The summed E-state index contributed by atoms with van der Waals surface area (Å²) in [7, 11) is 0. The minimum absolute atomic E-state index is 0.0136. The molecule has 0 bridgehead atoms. The number of thioether (sulfide) groups is 1. The van der Waals surface area contributed by atoms with E-state index in [1.54, 1.807) is 0 Å². The molecule has 124 valence electrons. The first-order chi connectivity index (χ1) is 11.7. The molecule has 1 aromatic carbocycles. The van der Waals surface area contributed by atoms with Crippen LogP contribution in [0.2, 0.25) is 10.0 Å². The number of nitrogens with zero attached hydrogens (tertiary/aromatic N) is 3. The van der Waals surface area contributed by atoms with Gasteiger partial charge in [0, 0.05) is 18.0 Å². The highest BCUT2D eigenvalue weighted by Crippen LogP contribution is 2.49. The largest absolute Gasteiger partial charge is 0.338 e. The first-order valence-electron chi connectivity index (χ1n) is 8.04. The summed E-state index contributed by atoms with van der Waals surface area (Å²) in [5.41, 5.74) is 2.13. The maximum atomic E-state index is 6.29. The summed E-state index contributed by atoms with van der Waals surface area (Å²) in [4.78, 5) is 12.0. The molecule has 24 heavy (non-hydrogen) atoms. The van der Waals surface area contributed by atoms with Crippen LogP contribution in [0.15, 0.2) is 47.6 Å². The van der Waals surface area contributed by atoms with Gasteiger partial charge in [-0.05, 0) is 36.2 Å². The van der Waals surface area contributed by atoms with Gasteiger partial charge in [0.25, 0.3) is 0 Å². The molecule has 3 nitrogen and oxygen atoms in total. The van der Waals surface area contributed by atoms with Crippen molar-refractivity contribution in [2.45, 2.75) is 31.5 Å². The van der Waals surface area contributed by atoms with E-state index in [4.69, 9.17) is 28.2 Å². The summed E-state index contributed by atoms with van der Waals surface area (Å²) in [6, 6.07) is 12.5. The first kappa shape index (κ1) is 16.2. The molecule has 1 aromatic heterocycles. The van der Waals surface area contributed by atoms with Gasteiger partial charge in [-0.1, -0.05) is 54.0 Å². The Hall–Kier alpha value is -1.23. The standard InChI is InChI=1S/C18H17Cl2N3S/c1-2-12-10-24-18-22-16(15-5-3-4-8-21-15)17(23(12)18)11-6-7-13(19)14(20)9-11/h3-9,12,16-17H,2,10H2,1H3/t12-,16-,17+/m1/s1. The number of halogens is 2. The Kier molecular flexibility index (Phi) is 4.46. The highest BCUT2D eigenvalue weighted by Gasteiger charge is 2.45. The lowest BCUT2D eigenvalue weighted by atomic mass is 9.95. The summed E-state index contributed by atoms with van der Waals surface area (Å²) in [5.74, 6) is 1.09. The molecule has 0 N–H and O–H groups in total. The normalized spacial score (nSPS) is 25.7. The van der Waals surface area contributed by atoms with Gasteiger partial charge in [0.05, 0.1) is 21.8 Å². The van der Waals surface area contributed by atoms with E-state index in [0.29, 0.717) is 16.1 Å². The third kappa shape index (κ3) is 2.71. The zero-order chi connectivity index (χ0) is 16.7. The van der Waals surface area contributed by atoms with Gasteiger partial charge in [0.15, 0.2) is 5.17 Å². The van der Waals surface area contributed by atoms with Crippen LogP contribution in [0.4, 0.5) is 0 Å². The molecule has 6 heteroatoms. The van der Waals surface area contributed by atoms with Gasteiger partial charge in [0.1, 0.15) is 6.04 Å². The van der Waals surface area contributed by atoms with Crippen molar-refractivity contribution in [3.05, 3.63) is 63.9 Å². The van der Waals surface area contributed by atoms with Gasteiger partial charge < -0.3 is 4.90 Å². The van der Waals surface area contributed by atoms with Crippen molar-refractivity contribution in [3.63, 3.8) is 0 Å². The second-order valence-corrected chi connectivity index (χ2v) is 7.81. The smallest absolute Gasteiger partial charge is 0.160 e. The maximum absolute atomic E-state index is 6.29. The number of hydrogen-bond donors (Lipinski definition) is 0. The predicted molar refractivity (Wildman–Crippen MR) is 102 cm³/mol. The molecule has 0 radical (unpaired) electrons. The number of aromatic nitrogens is 1. The van der Waals surface area contributed by atoms with Crippen molar-refractivity contribution in [1.29, 1.82) is 0 Å². The Morgan fingerprint density at radius 2 is 2.08 bits per heavy atom. The summed E-state index contributed by atoms with van der Waals surface area (Å²) in [6.07, 6.45) is 2.92. The van der Waals surface area contributed by atoms with E-state index >= 15 is 0 Å². The molecule has 0 saturated carbocycles. The number of fused-ring (bicyclic) bond motifs is 1. The molecule has 3 heterocycles. The average Bonchev–Trinajstić information content (AvgIpc) is 3.17. The SMILES string of the molecule is CC[C@@H]1CSC2=N[C@H](c3ccccn3)[C@H](c3ccc(Cl)c(Cl)c3)N21.